The van der Waals surface area contributed by atoms with Crippen LogP contribution in [0.2, 0.25) is 0 Å². The number of unbranched alkanes of at least 4 members (excludes halogenated alkanes) is 2. The number of benzene rings is 2. The van der Waals surface area contributed by atoms with E-state index >= 15 is 0 Å². The molecular weight excluding hydrogens is 386 g/mol. The molecule has 1 amide bonds. The summed E-state index contributed by atoms with van der Waals surface area (Å²) < 4.78 is 5.50. The van der Waals surface area contributed by atoms with E-state index in [0.29, 0.717) is 22.0 Å². The molecule has 2 aromatic carbocycles. The average molecular weight is 410 g/mol. The number of nitrogens with one attached hydrogen (secondary N) is 1. The number of ketones is 1. The predicted octanol–water partition coefficient (Wildman–Crippen LogP) is 4.52. The smallest absolute Gasteiger partial charge is 0.264 e. The van der Waals surface area contributed by atoms with E-state index < -0.39 is 0 Å². The molecule has 0 aliphatic heterocycles. The zero-order chi connectivity index (χ0) is 20.5. The fourth-order valence-electron chi connectivity index (χ4n) is 2.69. The van der Waals surface area contributed by atoms with E-state index in [4.69, 9.17) is 4.74 Å². The first-order valence-corrected chi connectivity index (χ1v) is 10.4. The maximum Gasteiger partial charge on any atom is 0.264 e. The molecule has 3 aromatic rings. The standard InChI is InChI=1S/C22H23N3O3S/c1-2-3-5-10-20-24-25-22(29-20)23-19(26)15-28-18-13-11-17(12-14-18)21(27)16-8-6-4-7-9-16/h4,6-9,11-14H,2-3,5,10,15H2,1H3,(H,23,25,26). The van der Waals surface area contributed by atoms with Crippen molar-refractivity contribution in [1.29, 1.82) is 0 Å². The first-order valence-electron chi connectivity index (χ1n) is 9.60. The van der Waals surface area contributed by atoms with Crippen LogP contribution in [0.15, 0.2) is 54.6 Å². The molecule has 0 unspecified atom stereocenters. The SMILES string of the molecule is CCCCCc1nnc(NC(=O)COc2ccc(C(=O)c3ccccc3)cc2)s1. The van der Waals surface area contributed by atoms with Crippen molar-refractivity contribution in [1.82, 2.24) is 10.2 Å². The minimum absolute atomic E-state index is 0.0547. The number of ether oxygens (including phenoxy) is 1. The number of nitrogens with zero attached hydrogens (tertiary/aromatic N) is 2. The monoisotopic (exact) mass is 409 g/mol. The minimum atomic E-state index is -0.300. The number of aromatic nitrogens is 2. The van der Waals surface area contributed by atoms with Gasteiger partial charge in [-0.15, -0.1) is 10.2 Å². The Labute approximate surface area is 173 Å². The third-order valence-electron chi connectivity index (χ3n) is 4.23. The minimum Gasteiger partial charge on any atom is -0.484 e. The molecule has 0 aliphatic carbocycles. The highest BCUT2D eigenvalue weighted by molar-refractivity contribution is 7.15. The van der Waals surface area contributed by atoms with Gasteiger partial charge in [0.2, 0.25) is 5.13 Å². The molecular formula is C22H23N3O3S. The van der Waals surface area contributed by atoms with E-state index in [1.165, 1.54) is 11.3 Å². The zero-order valence-electron chi connectivity index (χ0n) is 16.3. The van der Waals surface area contributed by atoms with Gasteiger partial charge in [0.25, 0.3) is 5.91 Å². The number of carbonyl (C=O) groups excluding carboxylic acids is 2. The number of hydrogen-bond acceptors (Lipinski definition) is 6. The third-order valence-corrected chi connectivity index (χ3v) is 5.13. The Hall–Kier alpha value is -3.06. The lowest BCUT2D eigenvalue weighted by Crippen LogP contribution is -2.20. The molecule has 0 saturated heterocycles. The summed E-state index contributed by atoms with van der Waals surface area (Å²) in [6, 6.07) is 15.8. The number of aryl methyl sites for hydroxylation is 1. The molecule has 150 valence electrons. The van der Waals surface area contributed by atoms with Gasteiger partial charge in [-0.1, -0.05) is 61.4 Å². The summed E-state index contributed by atoms with van der Waals surface area (Å²) in [5.41, 5.74) is 1.20. The summed E-state index contributed by atoms with van der Waals surface area (Å²) in [6.07, 6.45) is 4.27. The molecule has 1 aromatic heterocycles. The Kier molecular flexibility index (Phi) is 7.47. The molecule has 1 N–H and O–H groups in total. The van der Waals surface area contributed by atoms with Gasteiger partial charge in [-0.2, -0.15) is 0 Å². The van der Waals surface area contributed by atoms with Gasteiger partial charge in [0, 0.05) is 17.5 Å². The van der Waals surface area contributed by atoms with Gasteiger partial charge in [0.1, 0.15) is 10.8 Å². The van der Waals surface area contributed by atoms with Gasteiger partial charge in [-0.05, 0) is 30.7 Å². The van der Waals surface area contributed by atoms with Crippen molar-refractivity contribution in [3.05, 3.63) is 70.7 Å². The number of rotatable bonds is 10. The Morgan fingerprint density at radius 3 is 2.41 bits per heavy atom. The van der Waals surface area contributed by atoms with Crippen LogP contribution in [0.5, 0.6) is 5.75 Å². The molecule has 0 saturated carbocycles. The quantitative estimate of drug-likeness (QED) is 0.393. The maximum atomic E-state index is 12.4. The molecule has 29 heavy (non-hydrogen) atoms. The first kappa shape index (κ1) is 20.7. The fraction of sp³-hybridized carbons (Fsp3) is 0.273. The van der Waals surface area contributed by atoms with Crippen molar-refractivity contribution in [3.63, 3.8) is 0 Å². The molecule has 0 radical (unpaired) electrons. The lowest BCUT2D eigenvalue weighted by molar-refractivity contribution is -0.118. The highest BCUT2D eigenvalue weighted by atomic mass is 32.1. The van der Waals surface area contributed by atoms with Crippen LogP contribution in [-0.2, 0) is 11.2 Å². The normalized spacial score (nSPS) is 10.5. The van der Waals surface area contributed by atoms with Crippen molar-refractivity contribution in [3.8, 4) is 5.75 Å². The van der Waals surface area contributed by atoms with Gasteiger partial charge in [0.05, 0.1) is 0 Å². The Morgan fingerprint density at radius 2 is 1.69 bits per heavy atom. The molecule has 3 rings (SSSR count). The van der Waals surface area contributed by atoms with E-state index in [0.717, 1.165) is 30.7 Å². The second-order valence-corrected chi connectivity index (χ2v) is 7.58. The molecule has 0 aliphatic rings. The van der Waals surface area contributed by atoms with Crippen molar-refractivity contribution >= 4 is 28.2 Å². The Bertz CT molecular complexity index is 939. The van der Waals surface area contributed by atoms with Gasteiger partial charge in [-0.25, -0.2) is 0 Å². The van der Waals surface area contributed by atoms with Crippen LogP contribution >= 0.6 is 11.3 Å². The van der Waals surface area contributed by atoms with Crippen molar-refractivity contribution in [2.75, 3.05) is 11.9 Å². The largest absolute Gasteiger partial charge is 0.484 e. The summed E-state index contributed by atoms with van der Waals surface area (Å²) in [5.74, 6) is 0.161. The molecule has 0 atom stereocenters. The Morgan fingerprint density at radius 1 is 0.966 bits per heavy atom. The number of hydrogen-bond donors (Lipinski definition) is 1. The van der Waals surface area contributed by atoms with Crippen LogP contribution in [0.3, 0.4) is 0 Å². The average Bonchev–Trinajstić information content (AvgIpc) is 3.20. The summed E-state index contributed by atoms with van der Waals surface area (Å²) in [6.45, 7) is 2.01. The maximum absolute atomic E-state index is 12.4. The van der Waals surface area contributed by atoms with Gasteiger partial charge < -0.3 is 4.74 Å². The first-order chi connectivity index (χ1) is 14.2. The van der Waals surface area contributed by atoms with E-state index in [2.05, 4.69) is 22.4 Å². The lowest BCUT2D eigenvalue weighted by atomic mass is 10.0. The summed E-state index contributed by atoms with van der Waals surface area (Å²) in [5, 5.41) is 12.2. The van der Waals surface area contributed by atoms with Crippen LogP contribution in [-0.4, -0.2) is 28.5 Å². The van der Waals surface area contributed by atoms with Crippen molar-refractivity contribution < 1.29 is 14.3 Å². The predicted molar refractivity (Wildman–Crippen MR) is 114 cm³/mol. The second kappa shape index (κ2) is 10.5. The summed E-state index contributed by atoms with van der Waals surface area (Å²) in [7, 11) is 0. The van der Waals surface area contributed by atoms with Crippen LogP contribution in [0.4, 0.5) is 5.13 Å². The molecule has 7 heteroatoms. The van der Waals surface area contributed by atoms with E-state index in [1.54, 1.807) is 36.4 Å². The third kappa shape index (κ3) is 6.22. The van der Waals surface area contributed by atoms with E-state index in [-0.39, 0.29) is 18.3 Å². The second-order valence-electron chi connectivity index (χ2n) is 6.51. The molecule has 6 nitrogen and oxygen atoms in total. The van der Waals surface area contributed by atoms with Crippen LogP contribution in [0.1, 0.15) is 47.1 Å². The van der Waals surface area contributed by atoms with Crippen molar-refractivity contribution in [2.24, 2.45) is 0 Å². The number of anilines is 1. The zero-order valence-corrected chi connectivity index (χ0v) is 17.1. The van der Waals surface area contributed by atoms with E-state index in [9.17, 15) is 9.59 Å². The lowest BCUT2D eigenvalue weighted by Gasteiger charge is -2.07. The van der Waals surface area contributed by atoms with Gasteiger partial charge in [-0.3, -0.25) is 14.9 Å². The summed E-state index contributed by atoms with van der Waals surface area (Å²) in [4.78, 5) is 24.5. The fourth-order valence-corrected chi connectivity index (χ4v) is 3.49. The highest BCUT2D eigenvalue weighted by Gasteiger charge is 2.11. The van der Waals surface area contributed by atoms with E-state index in [1.807, 2.05) is 18.2 Å². The molecule has 1 heterocycles. The Balaban J connectivity index is 1.47. The van der Waals surface area contributed by atoms with Crippen LogP contribution < -0.4 is 10.1 Å². The van der Waals surface area contributed by atoms with Crippen molar-refractivity contribution in [2.45, 2.75) is 32.6 Å². The number of carbonyl (C=O) groups is 2. The van der Waals surface area contributed by atoms with Gasteiger partial charge >= 0.3 is 0 Å². The van der Waals surface area contributed by atoms with Crippen LogP contribution in [0, 0.1) is 0 Å². The molecule has 0 spiro atoms. The van der Waals surface area contributed by atoms with Crippen LogP contribution in [0.25, 0.3) is 0 Å². The number of amides is 1. The summed E-state index contributed by atoms with van der Waals surface area (Å²) >= 11 is 1.39. The molecule has 0 fully saturated rings. The topological polar surface area (TPSA) is 81.2 Å². The molecule has 0 bridgehead atoms. The highest BCUT2D eigenvalue weighted by Crippen LogP contribution is 2.18. The van der Waals surface area contributed by atoms with Gasteiger partial charge in [0.15, 0.2) is 12.4 Å².